The van der Waals surface area contributed by atoms with Gasteiger partial charge >= 0.3 is 0 Å². The Hall–Kier alpha value is -3.39. The molecule has 0 radical (unpaired) electrons. The molecule has 2 aromatic carbocycles. The molecule has 8 heteroatoms. The largest absolute Gasteiger partial charge is 0.494 e. The molecule has 0 fully saturated rings. The lowest BCUT2D eigenvalue weighted by Crippen LogP contribution is -2.48. The van der Waals surface area contributed by atoms with Gasteiger partial charge in [-0.25, -0.2) is 0 Å². The van der Waals surface area contributed by atoms with Crippen molar-refractivity contribution >= 4 is 29.1 Å². The Morgan fingerprint density at radius 1 is 0.935 bits per heavy atom. The number of hydrogen-bond acceptors (Lipinski definition) is 5. The first kappa shape index (κ1) is 23.9. The molecule has 2 aromatic rings. The van der Waals surface area contributed by atoms with E-state index in [2.05, 4.69) is 36.6 Å². The third-order valence-corrected chi connectivity index (χ3v) is 4.29. The molecule has 7 nitrogen and oxygen atoms in total. The van der Waals surface area contributed by atoms with Gasteiger partial charge in [0.1, 0.15) is 18.1 Å². The molecular weight excluding hydrogens is 414 g/mol. The van der Waals surface area contributed by atoms with Crippen molar-refractivity contribution < 1.29 is 19.1 Å². The van der Waals surface area contributed by atoms with E-state index in [0.717, 1.165) is 6.42 Å². The number of amides is 2. The van der Waals surface area contributed by atoms with Gasteiger partial charge in [0.25, 0.3) is 11.8 Å². The highest BCUT2D eigenvalue weighted by molar-refractivity contribution is 7.80. The Labute approximate surface area is 187 Å². The summed E-state index contributed by atoms with van der Waals surface area (Å²) in [5.41, 5.74) is 5.77. The number of thiocarbonyl (C=S) groups is 1. The number of ether oxygens (including phenoxy) is 2. The van der Waals surface area contributed by atoms with E-state index in [1.165, 1.54) is 0 Å². The third-order valence-electron chi connectivity index (χ3n) is 4.08. The van der Waals surface area contributed by atoms with Gasteiger partial charge in [-0.05, 0) is 73.1 Å². The van der Waals surface area contributed by atoms with Gasteiger partial charge in [0.15, 0.2) is 5.11 Å². The fourth-order valence-corrected chi connectivity index (χ4v) is 2.51. The van der Waals surface area contributed by atoms with Crippen LogP contribution in [0, 0.1) is 5.92 Å². The fraction of sp³-hybridized carbons (Fsp3) is 0.261. The first-order valence-corrected chi connectivity index (χ1v) is 10.3. The van der Waals surface area contributed by atoms with E-state index < -0.39 is 11.8 Å². The second-order valence-electron chi connectivity index (χ2n) is 7.04. The predicted octanol–water partition coefficient (Wildman–Crippen LogP) is 3.63. The summed E-state index contributed by atoms with van der Waals surface area (Å²) in [5, 5.41) is 2.48. The highest BCUT2D eigenvalue weighted by atomic mass is 32.1. The van der Waals surface area contributed by atoms with Crippen molar-refractivity contribution in [2.24, 2.45) is 5.92 Å². The monoisotopic (exact) mass is 441 g/mol. The van der Waals surface area contributed by atoms with Gasteiger partial charge in [0.05, 0.1) is 6.61 Å². The smallest absolute Gasteiger partial charge is 0.269 e. The minimum Gasteiger partial charge on any atom is -0.494 e. The van der Waals surface area contributed by atoms with E-state index in [9.17, 15) is 9.59 Å². The summed E-state index contributed by atoms with van der Waals surface area (Å²) in [4.78, 5) is 24.5. The number of rotatable bonds is 9. The molecular formula is C23H27N3O4S. The van der Waals surface area contributed by atoms with Gasteiger partial charge in [0.2, 0.25) is 0 Å². The average Bonchev–Trinajstić information content (AvgIpc) is 2.76. The predicted molar refractivity (Wildman–Crippen MR) is 124 cm³/mol. The van der Waals surface area contributed by atoms with Crippen molar-refractivity contribution in [3.8, 4) is 11.5 Å². The summed E-state index contributed by atoms with van der Waals surface area (Å²) in [5.74, 6) is 1.09. The van der Waals surface area contributed by atoms with Gasteiger partial charge < -0.3 is 9.47 Å². The maximum Gasteiger partial charge on any atom is 0.269 e. The van der Waals surface area contributed by atoms with E-state index in [1.54, 1.807) is 54.6 Å². The topological polar surface area (TPSA) is 88.7 Å². The highest BCUT2D eigenvalue weighted by Gasteiger charge is 2.10. The molecule has 0 aromatic heterocycles. The Morgan fingerprint density at radius 3 is 2.03 bits per heavy atom. The zero-order valence-corrected chi connectivity index (χ0v) is 18.5. The van der Waals surface area contributed by atoms with E-state index >= 15 is 0 Å². The molecule has 3 N–H and O–H groups in total. The van der Waals surface area contributed by atoms with Crippen LogP contribution in [-0.2, 0) is 0 Å². The third kappa shape index (κ3) is 8.47. The Kier molecular flexibility index (Phi) is 9.51. The Bertz CT molecular complexity index is 896. The number of carbonyl (C=O) groups excluding carboxylic acids is 2. The van der Waals surface area contributed by atoms with Crippen LogP contribution >= 0.6 is 12.2 Å². The molecule has 0 unspecified atom stereocenters. The van der Waals surface area contributed by atoms with E-state index in [1.807, 2.05) is 0 Å². The molecule has 2 rings (SSSR count). The molecule has 0 atom stereocenters. The van der Waals surface area contributed by atoms with Crippen molar-refractivity contribution in [1.29, 1.82) is 0 Å². The second-order valence-corrected chi connectivity index (χ2v) is 7.45. The van der Waals surface area contributed by atoms with E-state index in [-0.39, 0.29) is 5.11 Å². The van der Waals surface area contributed by atoms with Crippen LogP contribution in [0.4, 0.5) is 0 Å². The van der Waals surface area contributed by atoms with Crippen LogP contribution in [0.15, 0.2) is 61.2 Å². The van der Waals surface area contributed by atoms with Crippen molar-refractivity contribution in [2.45, 2.75) is 20.3 Å². The molecule has 0 bridgehead atoms. The second kappa shape index (κ2) is 12.3. The van der Waals surface area contributed by atoms with Crippen LogP contribution < -0.4 is 25.6 Å². The van der Waals surface area contributed by atoms with Gasteiger partial charge in [-0.3, -0.25) is 25.8 Å². The first-order chi connectivity index (χ1) is 14.9. The lowest BCUT2D eigenvalue weighted by atomic mass is 10.1. The maximum atomic E-state index is 12.3. The molecule has 164 valence electrons. The summed E-state index contributed by atoms with van der Waals surface area (Å²) in [6, 6.07) is 13.3. The summed E-state index contributed by atoms with van der Waals surface area (Å²) in [6.45, 7) is 8.85. The van der Waals surface area contributed by atoms with Crippen LogP contribution in [-0.4, -0.2) is 30.1 Å². The summed E-state index contributed by atoms with van der Waals surface area (Å²) >= 11 is 5.06. The Morgan fingerprint density at radius 2 is 1.48 bits per heavy atom. The van der Waals surface area contributed by atoms with Gasteiger partial charge in [-0.1, -0.05) is 26.5 Å². The lowest BCUT2D eigenvalue weighted by molar-refractivity contribution is 0.0934. The van der Waals surface area contributed by atoms with Gasteiger partial charge in [0, 0.05) is 11.1 Å². The zero-order chi connectivity index (χ0) is 22.6. The Balaban J connectivity index is 1.77. The summed E-state index contributed by atoms with van der Waals surface area (Å²) in [6.07, 6.45) is 2.59. The molecule has 0 saturated heterocycles. The SMILES string of the molecule is C=CCOc1ccc(C(=O)NNC(=S)NC(=O)c2ccc(OCCC(C)C)cc2)cc1. The number of benzene rings is 2. The molecule has 0 heterocycles. The molecule has 0 saturated carbocycles. The summed E-state index contributed by atoms with van der Waals surface area (Å²) in [7, 11) is 0. The minimum absolute atomic E-state index is 0.0263. The molecule has 0 aliphatic carbocycles. The quantitative estimate of drug-likeness (QED) is 0.313. The van der Waals surface area contributed by atoms with E-state index in [4.69, 9.17) is 21.7 Å². The van der Waals surface area contributed by atoms with Gasteiger partial charge in [-0.15, -0.1) is 0 Å². The van der Waals surface area contributed by atoms with Crippen LogP contribution in [0.1, 0.15) is 41.0 Å². The molecule has 2 amide bonds. The summed E-state index contributed by atoms with van der Waals surface area (Å²) < 4.78 is 11.0. The lowest BCUT2D eigenvalue weighted by Gasteiger charge is -2.12. The van der Waals surface area contributed by atoms with Crippen LogP contribution in [0.3, 0.4) is 0 Å². The first-order valence-electron chi connectivity index (χ1n) is 9.87. The van der Waals surface area contributed by atoms with Gasteiger partial charge in [-0.2, -0.15) is 0 Å². The van der Waals surface area contributed by atoms with Crippen molar-refractivity contribution in [3.05, 3.63) is 72.3 Å². The standard InChI is InChI=1S/C23H27N3O4S/c1-4-14-29-19-11-7-18(8-12-19)22(28)25-26-23(31)24-21(27)17-5-9-20(10-6-17)30-15-13-16(2)3/h4-12,16H,1,13-15H2,2-3H3,(H,25,28)(H2,24,26,27,31). The zero-order valence-electron chi connectivity index (χ0n) is 17.6. The molecule has 0 aliphatic heterocycles. The minimum atomic E-state index is -0.408. The van der Waals surface area contributed by atoms with E-state index in [0.29, 0.717) is 41.8 Å². The number of nitrogens with one attached hydrogen (secondary N) is 3. The normalized spacial score (nSPS) is 10.2. The number of hydrogen-bond donors (Lipinski definition) is 3. The van der Waals surface area contributed by atoms with Crippen LogP contribution in [0.25, 0.3) is 0 Å². The van der Waals surface area contributed by atoms with Crippen LogP contribution in [0.2, 0.25) is 0 Å². The highest BCUT2D eigenvalue weighted by Crippen LogP contribution is 2.14. The van der Waals surface area contributed by atoms with Crippen molar-refractivity contribution in [3.63, 3.8) is 0 Å². The van der Waals surface area contributed by atoms with Crippen LogP contribution in [0.5, 0.6) is 11.5 Å². The molecule has 0 aliphatic rings. The molecule has 31 heavy (non-hydrogen) atoms. The molecule has 0 spiro atoms. The number of hydrazine groups is 1. The maximum absolute atomic E-state index is 12.3. The van der Waals surface area contributed by atoms with Crippen molar-refractivity contribution in [1.82, 2.24) is 16.2 Å². The number of carbonyl (C=O) groups is 2. The average molecular weight is 442 g/mol. The fourth-order valence-electron chi connectivity index (χ4n) is 2.36. The van der Waals surface area contributed by atoms with Crippen molar-refractivity contribution in [2.75, 3.05) is 13.2 Å².